The molecule has 0 radical (unpaired) electrons. The summed E-state index contributed by atoms with van der Waals surface area (Å²) in [5.41, 5.74) is -0.595. The maximum atomic E-state index is 11.8. The van der Waals surface area contributed by atoms with E-state index in [0.29, 0.717) is 6.61 Å². The summed E-state index contributed by atoms with van der Waals surface area (Å²) in [6, 6.07) is 0. The fourth-order valence-corrected chi connectivity index (χ4v) is 1.87. The van der Waals surface area contributed by atoms with Gasteiger partial charge < -0.3 is 14.2 Å². The third kappa shape index (κ3) is 6.71. The number of ether oxygens (including phenoxy) is 3. The minimum atomic E-state index is -0.781. The minimum absolute atomic E-state index is 0.0744. The molecule has 1 rings (SSSR count). The van der Waals surface area contributed by atoms with Crippen molar-refractivity contribution in [3.8, 4) is 0 Å². The van der Waals surface area contributed by atoms with Crippen molar-refractivity contribution in [2.24, 2.45) is 5.41 Å². The molecule has 1 aliphatic rings. The lowest BCUT2D eigenvalue weighted by Gasteiger charge is -2.26. The van der Waals surface area contributed by atoms with Gasteiger partial charge in [-0.25, -0.2) is 0 Å². The highest BCUT2D eigenvalue weighted by molar-refractivity contribution is 5.94. The molecule has 126 valence electrons. The summed E-state index contributed by atoms with van der Waals surface area (Å²) in [4.78, 5) is 23.5. The van der Waals surface area contributed by atoms with E-state index in [-0.39, 0.29) is 18.4 Å². The molecule has 0 aromatic heterocycles. The van der Waals surface area contributed by atoms with Gasteiger partial charge >= 0.3 is 5.97 Å². The first-order chi connectivity index (χ1) is 10.3. The smallest absolute Gasteiger partial charge is 0.311 e. The van der Waals surface area contributed by atoms with Crippen LogP contribution in [-0.2, 0) is 23.8 Å². The molecule has 0 N–H and O–H groups in total. The predicted octanol–water partition coefficient (Wildman–Crippen LogP) is 3.02. The van der Waals surface area contributed by atoms with Gasteiger partial charge in [0.2, 0.25) is 0 Å². The van der Waals surface area contributed by atoms with Crippen LogP contribution in [0.3, 0.4) is 0 Å². The van der Waals surface area contributed by atoms with Crippen LogP contribution in [-0.4, -0.2) is 37.4 Å². The Kier molecular flexibility index (Phi) is 7.76. The fraction of sp³-hybridized carbons (Fsp3) is 0.765. The molecule has 0 amide bonds. The number of unbranched alkanes of at least 4 members (excludes halogenated alkanes) is 3. The van der Waals surface area contributed by atoms with Crippen molar-refractivity contribution in [2.75, 3.05) is 13.2 Å². The molecule has 0 spiro atoms. The number of carbonyl (C=O) groups excluding carboxylic acids is 2. The normalized spacial score (nSPS) is 21.9. The molecule has 0 aliphatic carbocycles. The molecule has 5 nitrogen and oxygen atoms in total. The molecule has 0 saturated heterocycles. The third-order valence-corrected chi connectivity index (χ3v) is 3.29. The second-order valence-corrected chi connectivity index (χ2v) is 6.53. The van der Waals surface area contributed by atoms with Crippen LogP contribution >= 0.6 is 0 Å². The van der Waals surface area contributed by atoms with E-state index in [4.69, 9.17) is 14.2 Å². The molecule has 0 fully saturated rings. The lowest BCUT2D eigenvalue weighted by molar-refractivity contribution is -0.180. The van der Waals surface area contributed by atoms with E-state index in [2.05, 4.69) is 6.92 Å². The highest BCUT2D eigenvalue weighted by Crippen LogP contribution is 2.17. The van der Waals surface area contributed by atoms with Gasteiger partial charge in [-0.2, -0.15) is 0 Å². The Balaban J connectivity index is 2.35. The number of esters is 1. The molecular formula is C17H28O5. The second-order valence-electron chi connectivity index (χ2n) is 6.53. The summed E-state index contributed by atoms with van der Waals surface area (Å²) < 4.78 is 16.3. The Bertz CT molecular complexity index is 394. The molecule has 5 heteroatoms. The number of rotatable bonds is 8. The maximum absolute atomic E-state index is 11.8. The zero-order valence-corrected chi connectivity index (χ0v) is 14.1. The summed E-state index contributed by atoms with van der Waals surface area (Å²) in [5, 5.41) is 0. The van der Waals surface area contributed by atoms with Crippen molar-refractivity contribution in [2.45, 2.75) is 65.8 Å². The molecule has 1 aliphatic heterocycles. The SMILES string of the molecule is CCCCCCO[C@@H]1C=CC(=O)[C@@H](COC(=O)C(C)(C)C)O1. The molecule has 1 heterocycles. The second kappa shape index (κ2) is 9.06. The van der Waals surface area contributed by atoms with E-state index in [9.17, 15) is 9.59 Å². The van der Waals surface area contributed by atoms with Gasteiger partial charge in [0.25, 0.3) is 0 Å². The number of hydrogen-bond acceptors (Lipinski definition) is 5. The van der Waals surface area contributed by atoms with Crippen molar-refractivity contribution >= 4 is 11.8 Å². The van der Waals surface area contributed by atoms with Gasteiger partial charge in [-0.3, -0.25) is 9.59 Å². The van der Waals surface area contributed by atoms with Crippen molar-refractivity contribution in [1.29, 1.82) is 0 Å². The first kappa shape index (κ1) is 18.8. The van der Waals surface area contributed by atoms with Gasteiger partial charge in [0.05, 0.1) is 12.0 Å². The Morgan fingerprint density at radius 2 is 2.00 bits per heavy atom. The number of hydrogen-bond donors (Lipinski definition) is 0. The average molecular weight is 312 g/mol. The van der Waals surface area contributed by atoms with Crippen LogP contribution in [0, 0.1) is 5.41 Å². The molecule has 0 unspecified atom stereocenters. The number of carbonyl (C=O) groups is 2. The Hall–Kier alpha value is -1.20. The van der Waals surface area contributed by atoms with E-state index in [1.54, 1.807) is 26.8 Å². The van der Waals surface area contributed by atoms with Crippen LogP contribution in [0.4, 0.5) is 0 Å². The fourth-order valence-electron chi connectivity index (χ4n) is 1.87. The zero-order chi connectivity index (χ0) is 16.6. The topological polar surface area (TPSA) is 61.8 Å². The molecule has 2 atom stereocenters. The average Bonchev–Trinajstić information content (AvgIpc) is 2.46. The lowest BCUT2D eigenvalue weighted by Crippen LogP contribution is -2.38. The van der Waals surface area contributed by atoms with Gasteiger partial charge in [-0.1, -0.05) is 26.2 Å². The molecule has 22 heavy (non-hydrogen) atoms. The third-order valence-electron chi connectivity index (χ3n) is 3.29. The van der Waals surface area contributed by atoms with Crippen LogP contribution in [0.1, 0.15) is 53.4 Å². The van der Waals surface area contributed by atoms with Crippen LogP contribution in [0.25, 0.3) is 0 Å². The monoisotopic (exact) mass is 312 g/mol. The van der Waals surface area contributed by atoms with E-state index in [1.165, 1.54) is 18.9 Å². The van der Waals surface area contributed by atoms with Crippen LogP contribution in [0.15, 0.2) is 12.2 Å². The maximum Gasteiger partial charge on any atom is 0.311 e. The van der Waals surface area contributed by atoms with Crippen LogP contribution in [0.5, 0.6) is 0 Å². The molecular weight excluding hydrogens is 284 g/mol. The Morgan fingerprint density at radius 1 is 1.27 bits per heavy atom. The van der Waals surface area contributed by atoms with Gasteiger partial charge in [-0.05, 0) is 39.3 Å². The lowest BCUT2D eigenvalue weighted by atomic mass is 9.97. The summed E-state index contributed by atoms with van der Waals surface area (Å²) in [6.07, 6.45) is 6.18. The first-order valence-electron chi connectivity index (χ1n) is 8.01. The van der Waals surface area contributed by atoms with Crippen molar-refractivity contribution in [3.05, 3.63) is 12.2 Å². The Labute approximate surface area is 133 Å². The summed E-state index contributed by atoms with van der Waals surface area (Å²) >= 11 is 0. The minimum Gasteiger partial charge on any atom is -0.462 e. The van der Waals surface area contributed by atoms with E-state index >= 15 is 0 Å². The molecule has 0 saturated carbocycles. The van der Waals surface area contributed by atoms with E-state index < -0.39 is 17.8 Å². The van der Waals surface area contributed by atoms with E-state index in [1.807, 2.05) is 0 Å². The van der Waals surface area contributed by atoms with Gasteiger partial charge in [0.15, 0.2) is 18.2 Å². The molecule has 0 aromatic carbocycles. The molecule has 0 aromatic rings. The highest BCUT2D eigenvalue weighted by Gasteiger charge is 2.29. The number of ketones is 1. The summed E-state index contributed by atoms with van der Waals surface area (Å²) in [5.74, 6) is -0.553. The van der Waals surface area contributed by atoms with Gasteiger partial charge in [0, 0.05) is 0 Å². The highest BCUT2D eigenvalue weighted by atomic mass is 16.7. The van der Waals surface area contributed by atoms with Crippen molar-refractivity contribution in [1.82, 2.24) is 0 Å². The van der Waals surface area contributed by atoms with Crippen LogP contribution < -0.4 is 0 Å². The van der Waals surface area contributed by atoms with E-state index in [0.717, 1.165) is 12.8 Å². The van der Waals surface area contributed by atoms with Crippen molar-refractivity contribution in [3.63, 3.8) is 0 Å². The molecule has 0 bridgehead atoms. The van der Waals surface area contributed by atoms with Crippen molar-refractivity contribution < 1.29 is 23.8 Å². The van der Waals surface area contributed by atoms with Gasteiger partial charge in [0.1, 0.15) is 6.61 Å². The predicted molar refractivity (Wildman–Crippen MR) is 83.3 cm³/mol. The standard InChI is InChI=1S/C17H28O5/c1-5-6-7-8-11-20-15-10-9-13(18)14(22-15)12-21-16(19)17(2,3)4/h9-10,14-15H,5-8,11-12H2,1-4H3/t14-,15+/m1/s1. The Morgan fingerprint density at radius 3 is 2.64 bits per heavy atom. The summed E-state index contributed by atoms with van der Waals surface area (Å²) in [6.45, 7) is 7.97. The van der Waals surface area contributed by atoms with Gasteiger partial charge in [-0.15, -0.1) is 0 Å². The summed E-state index contributed by atoms with van der Waals surface area (Å²) in [7, 11) is 0. The van der Waals surface area contributed by atoms with Crippen LogP contribution in [0.2, 0.25) is 0 Å². The first-order valence-corrected chi connectivity index (χ1v) is 8.01. The largest absolute Gasteiger partial charge is 0.462 e. The zero-order valence-electron chi connectivity index (χ0n) is 14.1. The quantitative estimate of drug-likeness (QED) is 0.509.